The third kappa shape index (κ3) is 4.07. The first-order chi connectivity index (χ1) is 10.9. The van der Waals surface area contributed by atoms with Gasteiger partial charge in [-0.05, 0) is 24.6 Å². The van der Waals surface area contributed by atoms with E-state index in [1.165, 1.54) is 4.90 Å². The molecule has 2 N–H and O–H groups in total. The number of hydrogen-bond donors (Lipinski definition) is 2. The summed E-state index contributed by atoms with van der Waals surface area (Å²) in [5.41, 5.74) is 4.71. The van der Waals surface area contributed by atoms with E-state index in [2.05, 4.69) is 10.5 Å². The Bertz CT molecular complexity index is 612. The molecule has 1 aliphatic heterocycles. The zero-order valence-corrected chi connectivity index (χ0v) is 13.4. The van der Waals surface area contributed by atoms with Gasteiger partial charge in [-0.2, -0.15) is 5.10 Å². The lowest BCUT2D eigenvalue weighted by molar-refractivity contribution is -0.121. The summed E-state index contributed by atoms with van der Waals surface area (Å²) in [7, 11) is 1.55. The fourth-order valence-corrected chi connectivity index (χ4v) is 2.44. The van der Waals surface area contributed by atoms with Gasteiger partial charge in [0.1, 0.15) is 0 Å². The number of hydrazone groups is 1. The molecular formula is C16H21N3O4. The van der Waals surface area contributed by atoms with Crippen molar-refractivity contribution >= 4 is 23.4 Å². The van der Waals surface area contributed by atoms with Gasteiger partial charge in [0.2, 0.25) is 5.91 Å². The Morgan fingerprint density at radius 1 is 1.48 bits per heavy atom. The summed E-state index contributed by atoms with van der Waals surface area (Å²) in [5.74, 6) is -0.0674. The fourth-order valence-electron chi connectivity index (χ4n) is 2.44. The van der Waals surface area contributed by atoms with Crippen molar-refractivity contribution in [3.8, 4) is 0 Å². The standard InChI is InChI=1S/C16H21N3O4/c1-10-8-14(20)17-18-15(10)12-4-6-13(7-5-12)19(16(21)22)9-11(2)23-3/h4-7,10-11H,8-9H2,1-3H3,(H,17,20)(H,21,22). The van der Waals surface area contributed by atoms with E-state index in [0.717, 1.165) is 11.3 Å². The molecule has 0 saturated carbocycles. The van der Waals surface area contributed by atoms with Gasteiger partial charge in [0.15, 0.2) is 0 Å². The van der Waals surface area contributed by atoms with Crippen molar-refractivity contribution in [2.75, 3.05) is 18.6 Å². The lowest BCUT2D eigenvalue weighted by Crippen LogP contribution is -2.36. The zero-order chi connectivity index (χ0) is 17.0. The Balaban J connectivity index is 2.20. The molecule has 7 nitrogen and oxygen atoms in total. The number of carbonyl (C=O) groups is 2. The lowest BCUT2D eigenvalue weighted by Gasteiger charge is -2.23. The van der Waals surface area contributed by atoms with Crippen LogP contribution in [0.5, 0.6) is 0 Å². The Kier molecular flexibility index (Phi) is 5.33. The summed E-state index contributed by atoms with van der Waals surface area (Å²) < 4.78 is 5.13. The molecular weight excluding hydrogens is 298 g/mol. The highest BCUT2D eigenvalue weighted by Crippen LogP contribution is 2.21. The molecule has 7 heteroatoms. The molecule has 1 aromatic carbocycles. The first-order valence-corrected chi connectivity index (χ1v) is 7.42. The third-order valence-corrected chi connectivity index (χ3v) is 3.81. The molecule has 1 heterocycles. The number of carboxylic acid groups (broad SMARTS) is 1. The number of carbonyl (C=O) groups excluding carboxylic acids is 1. The highest BCUT2D eigenvalue weighted by molar-refractivity contribution is 6.06. The Hall–Kier alpha value is -2.41. The summed E-state index contributed by atoms with van der Waals surface area (Å²) in [5, 5.41) is 13.5. The van der Waals surface area contributed by atoms with Crippen LogP contribution in [-0.2, 0) is 9.53 Å². The number of nitrogens with one attached hydrogen (secondary N) is 1. The molecule has 0 radical (unpaired) electrons. The van der Waals surface area contributed by atoms with Gasteiger partial charge in [-0.25, -0.2) is 10.2 Å². The molecule has 0 fully saturated rings. The van der Waals surface area contributed by atoms with Crippen molar-refractivity contribution in [1.82, 2.24) is 5.43 Å². The van der Waals surface area contributed by atoms with E-state index in [1.807, 2.05) is 26.0 Å². The van der Waals surface area contributed by atoms with Crippen molar-refractivity contribution in [3.05, 3.63) is 29.8 Å². The molecule has 124 valence electrons. The second-order valence-electron chi connectivity index (χ2n) is 5.62. The highest BCUT2D eigenvalue weighted by Gasteiger charge is 2.22. The molecule has 2 amide bonds. The number of amides is 2. The fraction of sp³-hybridized carbons (Fsp3) is 0.438. The first-order valence-electron chi connectivity index (χ1n) is 7.42. The van der Waals surface area contributed by atoms with Crippen LogP contribution in [0, 0.1) is 5.92 Å². The van der Waals surface area contributed by atoms with E-state index in [0.29, 0.717) is 12.1 Å². The molecule has 0 bridgehead atoms. The lowest BCUT2D eigenvalue weighted by atomic mass is 9.94. The van der Waals surface area contributed by atoms with Crippen LogP contribution in [-0.4, -0.2) is 42.6 Å². The Morgan fingerprint density at radius 2 is 2.13 bits per heavy atom. The predicted molar refractivity (Wildman–Crippen MR) is 86.7 cm³/mol. The Morgan fingerprint density at radius 3 is 2.65 bits per heavy atom. The maximum absolute atomic E-state index is 11.4. The average Bonchev–Trinajstić information content (AvgIpc) is 2.52. The Labute approximate surface area is 134 Å². The highest BCUT2D eigenvalue weighted by atomic mass is 16.5. The van der Waals surface area contributed by atoms with Crippen molar-refractivity contribution in [2.45, 2.75) is 26.4 Å². The predicted octanol–water partition coefficient (Wildman–Crippen LogP) is 2.07. The molecule has 2 atom stereocenters. The second-order valence-corrected chi connectivity index (χ2v) is 5.62. The topological polar surface area (TPSA) is 91.2 Å². The van der Waals surface area contributed by atoms with Crippen LogP contribution in [0.3, 0.4) is 0 Å². The minimum Gasteiger partial charge on any atom is -0.465 e. The normalized spacial score (nSPS) is 18.8. The number of hydrogen-bond acceptors (Lipinski definition) is 4. The summed E-state index contributed by atoms with van der Waals surface area (Å²) in [4.78, 5) is 24.0. The minimum atomic E-state index is -1.03. The van der Waals surface area contributed by atoms with E-state index in [4.69, 9.17) is 4.74 Å². The molecule has 0 aliphatic carbocycles. The molecule has 1 aromatic rings. The smallest absolute Gasteiger partial charge is 0.411 e. The second kappa shape index (κ2) is 7.23. The van der Waals surface area contributed by atoms with Gasteiger partial charge in [-0.3, -0.25) is 9.69 Å². The zero-order valence-electron chi connectivity index (χ0n) is 13.4. The number of methoxy groups -OCH3 is 1. The maximum atomic E-state index is 11.4. The third-order valence-electron chi connectivity index (χ3n) is 3.81. The van der Waals surface area contributed by atoms with Gasteiger partial charge in [-0.15, -0.1) is 0 Å². The van der Waals surface area contributed by atoms with E-state index in [9.17, 15) is 14.7 Å². The minimum absolute atomic E-state index is 0.0266. The van der Waals surface area contributed by atoms with Crippen LogP contribution in [0.4, 0.5) is 10.5 Å². The maximum Gasteiger partial charge on any atom is 0.411 e. The number of ether oxygens (including phenoxy) is 1. The van der Waals surface area contributed by atoms with Crippen LogP contribution >= 0.6 is 0 Å². The van der Waals surface area contributed by atoms with Crippen molar-refractivity contribution in [2.24, 2.45) is 11.0 Å². The van der Waals surface area contributed by atoms with Gasteiger partial charge in [0.05, 0.1) is 18.4 Å². The summed E-state index contributed by atoms with van der Waals surface area (Å²) in [6.07, 6.45) is -0.839. The molecule has 0 aromatic heterocycles. The molecule has 2 rings (SSSR count). The van der Waals surface area contributed by atoms with Crippen molar-refractivity contribution < 1.29 is 19.4 Å². The van der Waals surface area contributed by atoms with Crippen LogP contribution in [0.15, 0.2) is 29.4 Å². The molecule has 0 spiro atoms. The number of rotatable bonds is 5. The quantitative estimate of drug-likeness (QED) is 0.869. The first kappa shape index (κ1) is 17.0. The van der Waals surface area contributed by atoms with Crippen LogP contribution in [0.25, 0.3) is 0 Å². The van der Waals surface area contributed by atoms with E-state index in [-0.39, 0.29) is 24.5 Å². The number of nitrogens with zero attached hydrogens (tertiary/aromatic N) is 2. The van der Waals surface area contributed by atoms with Crippen LogP contribution in [0.2, 0.25) is 0 Å². The number of anilines is 1. The largest absolute Gasteiger partial charge is 0.465 e. The van der Waals surface area contributed by atoms with Gasteiger partial charge in [-0.1, -0.05) is 19.1 Å². The summed E-state index contributed by atoms with van der Waals surface area (Å²) in [6.45, 7) is 4.00. The molecule has 23 heavy (non-hydrogen) atoms. The van der Waals surface area contributed by atoms with Gasteiger partial charge in [0, 0.05) is 25.1 Å². The van der Waals surface area contributed by atoms with Gasteiger partial charge in [0.25, 0.3) is 0 Å². The average molecular weight is 319 g/mol. The van der Waals surface area contributed by atoms with Crippen molar-refractivity contribution in [3.63, 3.8) is 0 Å². The van der Waals surface area contributed by atoms with Gasteiger partial charge >= 0.3 is 6.09 Å². The number of benzene rings is 1. The SMILES string of the molecule is COC(C)CN(C(=O)O)c1ccc(C2=NNC(=O)CC2C)cc1. The van der Waals surface area contributed by atoms with E-state index in [1.54, 1.807) is 19.2 Å². The van der Waals surface area contributed by atoms with E-state index >= 15 is 0 Å². The molecule has 2 unspecified atom stereocenters. The summed E-state index contributed by atoms with van der Waals surface area (Å²) >= 11 is 0. The summed E-state index contributed by atoms with van der Waals surface area (Å²) in [6, 6.07) is 7.10. The molecule has 0 saturated heterocycles. The monoisotopic (exact) mass is 319 g/mol. The van der Waals surface area contributed by atoms with Crippen LogP contribution < -0.4 is 10.3 Å². The van der Waals surface area contributed by atoms with E-state index < -0.39 is 6.09 Å². The van der Waals surface area contributed by atoms with Crippen LogP contribution in [0.1, 0.15) is 25.8 Å². The molecule has 1 aliphatic rings. The van der Waals surface area contributed by atoms with Crippen molar-refractivity contribution in [1.29, 1.82) is 0 Å². The van der Waals surface area contributed by atoms with Gasteiger partial charge < -0.3 is 9.84 Å².